The van der Waals surface area contributed by atoms with Crippen molar-refractivity contribution in [3.05, 3.63) is 47.3 Å². The third kappa shape index (κ3) is 4.17. The Morgan fingerprint density at radius 3 is 2.72 bits per heavy atom. The largest absolute Gasteiger partial charge is 0.491 e. The molecule has 1 atom stereocenters. The zero-order valence-corrected chi connectivity index (χ0v) is 17.4. The molecule has 0 N–H and O–H groups in total. The number of hydrogen-bond donors (Lipinski definition) is 0. The number of nitrogens with zero attached hydrogens (tertiary/aromatic N) is 2. The number of benzene rings is 1. The minimum atomic E-state index is -0.0713. The van der Waals surface area contributed by atoms with E-state index in [9.17, 15) is 4.79 Å². The molecule has 2 aromatic rings. The van der Waals surface area contributed by atoms with Gasteiger partial charge in [-0.3, -0.25) is 4.79 Å². The Hall–Kier alpha value is -2.34. The summed E-state index contributed by atoms with van der Waals surface area (Å²) in [6.45, 7) is 3.40. The highest BCUT2D eigenvalue weighted by Crippen LogP contribution is 2.46. The number of methoxy groups -OCH3 is 1. The van der Waals surface area contributed by atoms with Gasteiger partial charge in [-0.2, -0.15) is 0 Å². The van der Waals surface area contributed by atoms with E-state index in [1.54, 1.807) is 7.11 Å². The lowest BCUT2D eigenvalue weighted by molar-refractivity contribution is 0.0659. The fourth-order valence-electron chi connectivity index (χ4n) is 4.93. The Labute approximate surface area is 172 Å². The first-order valence-electron chi connectivity index (χ1n) is 10.5. The van der Waals surface area contributed by atoms with Gasteiger partial charge in [0, 0.05) is 13.7 Å². The lowest BCUT2D eigenvalue weighted by atomic mass is 9.73. The molecule has 29 heavy (non-hydrogen) atoms. The van der Waals surface area contributed by atoms with E-state index in [0.717, 1.165) is 24.3 Å². The fraction of sp³-hybridized carbons (Fsp3) is 0.565. The molecule has 1 aromatic heterocycles. The summed E-state index contributed by atoms with van der Waals surface area (Å²) in [6, 6.07) is 9.84. The molecule has 1 amide bonds. The number of likely N-dealkylation sites (tertiary alicyclic amines) is 1. The van der Waals surface area contributed by atoms with Gasteiger partial charge >= 0.3 is 0 Å². The van der Waals surface area contributed by atoms with Crippen LogP contribution in [-0.2, 0) is 11.3 Å². The summed E-state index contributed by atoms with van der Waals surface area (Å²) in [4.78, 5) is 15.5. The molecule has 0 bridgehead atoms. The number of ether oxygens (including phenoxy) is 2. The summed E-state index contributed by atoms with van der Waals surface area (Å²) in [6.07, 6.45) is 7.13. The van der Waals surface area contributed by atoms with Crippen molar-refractivity contribution in [2.75, 3.05) is 20.3 Å². The molecule has 1 saturated heterocycles. The van der Waals surface area contributed by atoms with Crippen LogP contribution in [0.3, 0.4) is 0 Å². The number of aryl methyl sites for hydroxylation is 1. The van der Waals surface area contributed by atoms with E-state index >= 15 is 0 Å². The SMILES string of the molecule is COCc1c(C(=O)N2CC3(CCCCC3)CC2COc2ccccc2)noc1C. The summed E-state index contributed by atoms with van der Waals surface area (Å²) < 4.78 is 16.6. The molecular formula is C23H30N2O4. The van der Waals surface area contributed by atoms with Crippen LogP contribution in [0.2, 0.25) is 0 Å². The van der Waals surface area contributed by atoms with Gasteiger partial charge in [0.15, 0.2) is 5.69 Å². The summed E-state index contributed by atoms with van der Waals surface area (Å²) >= 11 is 0. The van der Waals surface area contributed by atoms with Crippen molar-refractivity contribution in [2.24, 2.45) is 5.41 Å². The van der Waals surface area contributed by atoms with E-state index in [1.807, 2.05) is 42.2 Å². The second kappa shape index (κ2) is 8.57. The Bertz CT molecular complexity index is 827. The maximum absolute atomic E-state index is 13.5. The topological polar surface area (TPSA) is 64.8 Å². The van der Waals surface area contributed by atoms with E-state index in [4.69, 9.17) is 14.0 Å². The molecule has 2 aliphatic rings. The zero-order valence-electron chi connectivity index (χ0n) is 17.4. The Morgan fingerprint density at radius 2 is 2.00 bits per heavy atom. The van der Waals surface area contributed by atoms with E-state index < -0.39 is 0 Å². The monoisotopic (exact) mass is 398 g/mol. The average Bonchev–Trinajstić information content (AvgIpc) is 3.28. The van der Waals surface area contributed by atoms with Crippen molar-refractivity contribution >= 4 is 5.91 Å². The van der Waals surface area contributed by atoms with Gasteiger partial charge in [0.1, 0.15) is 18.1 Å². The Morgan fingerprint density at radius 1 is 1.24 bits per heavy atom. The molecule has 1 spiro atoms. The minimum Gasteiger partial charge on any atom is -0.491 e. The van der Waals surface area contributed by atoms with E-state index in [-0.39, 0.29) is 17.4 Å². The van der Waals surface area contributed by atoms with Crippen molar-refractivity contribution in [1.29, 1.82) is 0 Å². The lowest BCUT2D eigenvalue weighted by Crippen LogP contribution is -2.40. The Balaban J connectivity index is 1.56. The quantitative estimate of drug-likeness (QED) is 0.723. The van der Waals surface area contributed by atoms with Gasteiger partial charge in [-0.25, -0.2) is 0 Å². The van der Waals surface area contributed by atoms with E-state index in [1.165, 1.54) is 32.1 Å². The molecule has 1 aromatic carbocycles. The molecule has 1 aliphatic carbocycles. The number of para-hydroxylation sites is 1. The van der Waals surface area contributed by atoms with Gasteiger partial charge in [-0.15, -0.1) is 0 Å². The highest BCUT2D eigenvalue weighted by Gasteiger charge is 2.47. The van der Waals surface area contributed by atoms with Crippen LogP contribution in [0.1, 0.15) is 60.3 Å². The third-order valence-corrected chi connectivity index (χ3v) is 6.45. The first-order chi connectivity index (χ1) is 14.1. The average molecular weight is 399 g/mol. The number of amides is 1. The smallest absolute Gasteiger partial charge is 0.276 e. The van der Waals surface area contributed by atoms with Crippen LogP contribution in [0, 0.1) is 12.3 Å². The van der Waals surface area contributed by atoms with Crippen molar-refractivity contribution in [2.45, 2.75) is 58.1 Å². The molecule has 4 rings (SSSR count). The highest BCUT2D eigenvalue weighted by molar-refractivity contribution is 5.94. The predicted octanol–water partition coefficient (Wildman–Crippen LogP) is 4.37. The summed E-state index contributed by atoms with van der Waals surface area (Å²) in [7, 11) is 1.62. The number of carbonyl (C=O) groups excluding carboxylic acids is 1. The summed E-state index contributed by atoms with van der Waals surface area (Å²) in [5.74, 6) is 1.40. The molecule has 1 saturated carbocycles. The van der Waals surface area contributed by atoms with E-state index in [2.05, 4.69) is 5.16 Å². The van der Waals surface area contributed by atoms with Gasteiger partial charge in [-0.1, -0.05) is 42.6 Å². The predicted molar refractivity (Wildman–Crippen MR) is 109 cm³/mol. The molecule has 6 heteroatoms. The molecule has 6 nitrogen and oxygen atoms in total. The highest BCUT2D eigenvalue weighted by atomic mass is 16.5. The second-order valence-electron chi connectivity index (χ2n) is 8.47. The maximum atomic E-state index is 13.5. The van der Waals surface area contributed by atoms with Crippen molar-refractivity contribution in [1.82, 2.24) is 10.1 Å². The standard InChI is InChI=1S/C23H30N2O4/c1-17-20(15-27-2)21(24-29-17)22(26)25-16-23(11-7-4-8-12-23)13-18(25)14-28-19-9-5-3-6-10-19/h3,5-6,9-10,18H,4,7-8,11-16H2,1-2H3. The molecule has 2 heterocycles. The Kier molecular flexibility index (Phi) is 5.90. The van der Waals surface area contributed by atoms with Gasteiger partial charge in [0.2, 0.25) is 0 Å². The van der Waals surface area contributed by atoms with Gasteiger partial charge in [0.25, 0.3) is 5.91 Å². The second-order valence-corrected chi connectivity index (χ2v) is 8.47. The van der Waals surface area contributed by atoms with Crippen LogP contribution >= 0.6 is 0 Å². The number of hydrogen-bond acceptors (Lipinski definition) is 5. The van der Waals surface area contributed by atoms with Gasteiger partial charge in [0.05, 0.1) is 18.2 Å². The van der Waals surface area contributed by atoms with Crippen LogP contribution in [-0.4, -0.2) is 42.3 Å². The van der Waals surface area contributed by atoms with Crippen molar-refractivity contribution in [3.63, 3.8) is 0 Å². The normalized spacial score (nSPS) is 20.9. The molecule has 156 valence electrons. The van der Waals surface area contributed by atoms with Gasteiger partial charge in [-0.05, 0) is 43.7 Å². The zero-order chi connectivity index (χ0) is 20.3. The molecule has 1 unspecified atom stereocenters. The summed E-state index contributed by atoms with van der Waals surface area (Å²) in [5.41, 5.74) is 1.32. The molecule has 0 radical (unpaired) electrons. The number of carbonyl (C=O) groups is 1. The third-order valence-electron chi connectivity index (χ3n) is 6.45. The molecule has 1 aliphatic heterocycles. The summed E-state index contributed by atoms with van der Waals surface area (Å²) in [5, 5.41) is 4.08. The number of aromatic nitrogens is 1. The van der Waals surface area contributed by atoms with Crippen molar-refractivity contribution in [3.8, 4) is 5.75 Å². The van der Waals surface area contributed by atoms with Crippen LogP contribution < -0.4 is 4.74 Å². The first-order valence-corrected chi connectivity index (χ1v) is 10.5. The number of rotatable bonds is 6. The van der Waals surface area contributed by atoms with Crippen LogP contribution in [0.4, 0.5) is 0 Å². The van der Waals surface area contributed by atoms with Crippen molar-refractivity contribution < 1.29 is 18.8 Å². The van der Waals surface area contributed by atoms with E-state index in [0.29, 0.717) is 24.7 Å². The minimum absolute atomic E-state index is 0.0354. The van der Waals surface area contributed by atoms with Gasteiger partial charge < -0.3 is 18.9 Å². The molecular weight excluding hydrogens is 368 g/mol. The first kappa shape index (κ1) is 20.0. The molecule has 2 fully saturated rings. The fourth-order valence-corrected chi connectivity index (χ4v) is 4.93. The van der Waals surface area contributed by atoms with Crippen LogP contribution in [0.25, 0.3) is 0 Å². The van der Waals surface area contributed by atoms with Crippen LogP contribution in [0.15, 0.2) is 34.9 Å². The van der Waals surface area contributed by atoms with Crippen LogP contribution in [0.5, 0.6) is 5.75 Å². The lowest BCUT2D eigenvalue weighted by Gasteiger charge is -2.33. The maximum Gasteiger partial charge on any atom is 0.276 e.